The van der Waals surface area contributed by atoms with Crippen molar-refractivity contribution in [1.82, 2.24) is 0 Å². The summed E-state index contributed by atoms with van der Waals surface area (Å²) in [5.74, 6) is 4.93. The number of hydrogen-bond donors (Lipinski definition) is 1. The summed E-state index contributed by atoms with van der Waals surface area (Å²) in [6.45, 7) is 10.2. The topological polar surface area (TPSA) is 37.3 Å². The Morgan fingerprint density at radius 1 is 1.03 bits per heavy atom. The van der Waals surface area contributed by atoms with Crippen molar-refractivity contribution in [1.29, 1.82) is 0 Å². The van der Waals surface area contributed by atoms with Gasteiger partial charge in [-0.2, -0.15) is 0 Å². The highest BCUT2D eigenvalue weighted by Gasteiger charge is 2.65. The molecule has 0 aliphatic heterocycles. The van der Waals surface area contributed by atoms with E-state index in [1.165, 1.54) is 51.4 Å². The third-order valence-corrected chi connectivity index (χ3v) is 11.4. The van der Waals surface area contributed by atoms with E-state index in [0.717, 1.165) is 49.4 Å². The van der Waals surface area contributed by atoms with Gasteiger partial charge in [0, 0.05) is 13.0 Å². The van der Waals surface area contributed by atoms with Crippen LogP contribution in [0, 0.1) is 51.8 Å². The molecular formula is C29H46O2. The van der Waals surface area contributed by atoms with Gasteiger partial charge >= 0.3 is 0 Å². The highest BCUT2D eigenvalue weighted by molar-refractivity contribution is 5.92. The first-order chi connectivity index (χ1) is 14.8. The molecule has 2 nitrogen and oxygen atoms in total. The molecule has 0 radical (unpaired) electrons. The van der Waals surface area contributed by atoms with Crippen LogP contribution in [-0.2, 0) is 4.79 Å². The van der Waals surface area contributed by atoms with Crippen LogP contribution >= 0.6 is 0 Å². The van der Waals surface area contributed by atoms with Crippen LogP contribution in [-0.4, -0.2) is 17.5 Å². The lowest BCUT2D eigenvalue weighted by Gasteiger charge is -2.59. The maximum absolute atomic E-state index is 12.8. The summed E-state index contributed by atoms with van der Waals surface area (Å²) >= 11 is 0. The first-order valence-corrected chi connectivity index (χ1v) is 13.6. The number of aliphatic hydroxyl groups is 1. The summed E-state index contributed by atoms with van der Waals surface area (Å²) in [6.07, 6.45) is 17.1. The Labute approximate surface area is 190 Å². The van der Waals surface area contributed by atoms with E-state index < -0.39 is 0 Å². The average Bonchev–Trinajstić information content (AvgIpc) is 3.44. The van der Waals surface area contributed by atoms with Crippen LogP contribution in [0.4, 0.5) is 0 Å². The fourth-order valence-electron chi connectivity index (χ4n) is 9.61. The molecule has 0 unspecified atom stereocenters. The molecule has 0 aromatic rings. The normalized spacial score (nSPS) is 43.9. The summed E-state index contributed by atoms with van der Waals surface area (Å²) in [7, 11) is 0. The molecule has 1 N–H and O–H groups in total. The van der Waals surface area contributed by atoms with Crippen molar-refractivity contribution in [2.24, 2.45) is 51.8 Å². The second-order valence-corrected chi connectivity index (χ2v) is 13.1. The smallest absolute Gasteiger partial charge is 0.143 e. The summed E-state index contributed by atoms with van der Waals surface area (Å²) < 4.78 is 0. The number of rotatable bonds is 6. The molecule has 5 aliphatic rings. The predicted octanol–water partition coefficient (Wildman–Crippen LogP) is 6.96. The molecule has 0 aromatic carbocycles. The molecule has 0 aromatic heterocycles. The summed E-state index contributed by atoms with van der Waals surface area (Å²) in [5.41, 5.74) is 2.25. The largest absolute Gasteiger partial charge is 0.396 e. The molecule has 5 aliphatic carbocycles. The molecule has 2 heteroatoms. The van der Waals surface area contributed by atoms with E-state index in [1.54, 1.807) is 5.57 Å². The third kappa shape index (κ3) is 3.24. The van der Waals surface area contributed by atoms with Crippen molar-refractivity contribution in [2.45, 2.75) is 105 Å². The van der Waals surface area contributed by atoms with Gasteiger partial charge in [0.2, 0.25) is 0 Å². The lowest BCUT2D eigenvalue weighted by Crippen LogP contribution is -2.52. The van der Waals surface area contributed by atoms with Gasteiger partial charge in [-0.1, -0.05) is 52.2 Å². The molecule has 4 saturated carbocycles. The fraction of sp³-hybridized carbons (Fsp3) is 0.897. The molecule has 1 spiro atoms. The van der Waals surface area contributed by atoms with Gasteiger partial charge in [0.25, 0.3) is 0 Å². The van der Waals surface area contributed by atoms with Crippen molar-refractivity contribution < 1.29 is 9.90 Å². The Balaban J connectivity index is 1.37. The molecule has 31 heavy (non-hydrogen) atoms. The minimum atomic E-state index is -0.0185. The Morgan fingerprint density at radius 2 is 1.81 bits per heavy atom. The second kappa shape index (κ2) is 7.71. The van der Waals surface area contributed by atoms with Gasteiger partial charge in [0.1, 0.15) is 5.78 Å². The Kier molecular flexibility index (Phi) is 5.52. The van der Waals surface area contributed by atoms with Crippen LogP contribution in [0.2, 0.25) is 0 Å². The first-order valence-electron chi connectivity index (χ1n) is 13.6. The number of Topliss-reactive ketones (excluding diaryl/α,β-unsaturated/α-hetero) is 1. The van der Waals surface area contributed by atoms with Crippen LogP contribution in [0.15, 0.2) is 11.6 Å². The Morgan fingerprint density at radius 3 is 2.48 bits per heavy atom. The Hall–Kier alpha value is -0.630. The molecule has 7 atom stereocenters. The van der Waals surface area contributed by atoms with Gasteiger partial charge in [0.15, 0.2) is 0 Å². The van der Waals surface area contributed by atoms with Crippen molar-refractivity contribution >= 4 is 5.78 Å². The number of ketones is 1. The zero-order valence-corrected chi connectivity index (χ0v) is 20.6. The van der Waals surface area contributed by atoms with Crippen molar-refractivity contribution in [2.75, 3.05) is 6.61 Å². The summed E-state index contributed by atoms with van der Waals surface area (Å²) in [4.78, 5) is 12.8. The summed E-state index contributed by atoms with van der Waals surface area (Å²) in [6, 6.07) is 0. The van der Waals surface area contributed by atoms with Crippen LogP contribution in [0.3, 0.4) is 0 Å². The van der Waals surface area contributed by atoms with Gasteiger partial charge in [0.05, 0.1) is 5.41 Å². The van der Waals surface area contributed by atoms with Gasteiger partial charge < -0.3 is 5.11 Å². The highest BCUT2D eigenvalue weighted by atomic mass is 16.3. The van der Waals surface area contributed by atoms with Crippen molar-refractivity contribution in [3.05, 3.63) is 11.6 Å². The van der Waals surface area contributed by atoms with E-state index in [-0.39, 0.29) is 10.8 Å². The minimum Gasteiger partial charge on any atom is -0.396 e. The molecule has 0 saturated heterocycles. The van der Waals surface area contributed by atoms with Crippen LogP contribution in [0.5, 0.6) is 0 Å². The van der Waals surface area contributed by atoms with Gasteiger partial charge in [-0.3, -0.25) is 4.79 Å². The second-order valence-electron chi connectivity index (χ2n) is 13.1. The monoisotopic (exact) mass is 426 g/mol. The maximum Gasteiger partial charge on any atom is 0.143 e. The van der Waals surface area contributed by atoms with E-state index in [0.29, 0.717) is 29.6 Å². The zero-order chi connectivity index (χ0) is 22.0. The fourth-order valence-corrected chi connectivity index (χ4v) is 9.61. The van der Waals surface area contributed by atoms with Crippen LogP contribution in [0.25, 0.3) is 0 Å². The van der Waals surface area contributed by atoms with Crippen molar-refractivity contribution in [3.8, 4) is 0 Å². The SMILES string of the molecule is CC(C)CCC[C@@H](CO)[C@H]1CC[C@H]2[C@@H]3CC=C4C5(CC5)C(=O)CC[C@]4(C)[C@H]3CC[C@]12C. The van der Waals surface area contributed by atoms with Crippen molar-refractivity contribution in [3.63, 3.8) is 0 Å². The van der Waals surface area contributed by atoms with Gasteiger partial charge in [-0.05, 0) is 104 Å². The quantitative estimate of drug-likeness (QED) is 0.466. The Bertz CT molecular complexity index is 746. The number of fused-ring (bicyclic) bond motifs is 6. The van der Waals surface area contributed by atoms with E-state index >= 15 is 0 Å². The minimum absolute atomic E-state index is 0.0185. The standard InChI is InChI=1S/C29H46O2/c1-19(2)6-5-7-20(18-30)22-9-10-23-21-8-11-25-28(4,24(21)12-14-27(22,23)3)15-13-26(31)29(25)16-17-29/h11,19-24,30H,5-10,12-18H2,1-4H3/t20-,21-,22+,23-,24-,27+,28+/m0/s1. The van der Waals surface area contributed by atoms with E-state index in [2.05, 4.69) is 33.8 Å². The van der Waals surface area contributed by atoms with Gasteiger partial charge in [-0.25, -0.2) is 0 Å². The molecular weight excluding hydrogens is 380 g/mol. The number of allylic oxidation sites excluding steroid dienone is 2. The number of aliphatic hydroxyl groups excluding tert-OH is 1. The number of carbonyl (C=O) groups is 1. The molecule has 0 bridgehead atoms. The highest BCUT2D eigenvalue weighted by Crippen LogP contribution is 2.72. The molecule has 0 heterocycles. The number of hydrogen-bond acceptors (Lipinski definition) is 2. The maximum atomic E-state index is 12.8. The van der Waals surface area contributed by atoms with Gasteiger partial charge in [-0.15, -0.1) is 0 Å². The molecule has 4 fully saturated rings. The summed E-state index contributed by atoms with van der Waals surface area (Å²) in [5, 5.41) is 10.3. The van der Waals surface area contributed by atoms with Crippen LogP contribution < -0.4 is 0 Å². The zero-order valence-electron chi connectivity index (χ0n) is 20.6. The van der Waals surface area contributed by atoms with E-state index in [9.17, 15) is 9.90 Å². The van der Waals surface area contributed by atoms with Crippen LogP contribution in [0.1, 0.15) is 105 Å². The lowest BCUT2D eigenvalue weighted by atomic mass is 9.45. The molecule has 5 rings (SSSR count). The third-order valence-electron chi connectivity index (χ3n) is 11.4. The lowest BCUT2D eigenvalue weighted by molar-refractivity contribution is -0.128. The molecule has 0 amide bonds. The number of carbonyl (C=O) groups excluding carboxylic acids is 1. The first kappa shape index (κ1) is 22.2. The predicted molar refractivity (Wildman–Crippen MR) is 127 cm³/mol. The van der Waals surface area contributed by atoms with E-state index in [4.69, 9.17) is 0 Å². The molecule has 174 valence electrons. The van der Waals surface area contributed by atoms with E-state index in [1.807, 2.05) is 0 Å². The average molecular weight is 427 g/mol.